The predicted octanol–water partition coefficient (Wildman–Crippen LogP) is 3.08. The first-order chi connectivity index (χ1) is 10.6. The van der Waals surface area contributed by atoms with E-state index in [1.807, 2.05) is 0 Å². The number of rotatable bonds is 3. The van der Waals surface area contributed by atoms with Crippen LogP contribution in [0.25, 0.3) is 0 Å². The standard InChI is InChI=1S/C16H23FN2O2S/c17-15-9-7-14(8-10-15)16-6-5-13-19(16)22(20,21)18-11-3-1-2-4-12-18/h7-10,16H,1-6,11-13H2/t16-/m1/s1. The number of hydrogen-bond acceptors (Lipinski definition) is 2. The Morgan fingerprint density at radius 1 is 0.909 bits per heavy atom. The molecule has 2 aliphatic rings. The summed E-state index contributed by atoms with van der Waals surface area (Å²) in [6.07, 6.45) is 5.75. The Hall–Kier alpha value is -0.980. The molecule has 4 nitrogen and oxygen atoms in total. The van der Waals surface area contributed by atoms with Gasteiger partial charge in [0.05, 0.1) is 6.04 Å². The predicted molar refractivity (Wildman–Crippen MR) is 84.0 cm³/mol. The van der Waals surface area contributed by atoms with E-state index >= 15 is 0 Å². The van der Waals surface area contributed by atoms with Crippen LogP contribution in [0.5, 0.6) is 0 Å². The van der Waals surface area contributed by atoms with E-state index in [2.05, 4.69) is 0 Å². The molecule has 0 aliphatic carbocycles. The van der Waals surface area contributed by atoms with E-state index in [9.17, 15) is 12.8 Å². The zero-order valence-electron chi connectivity index (χ0n) is 12.7. The molecule has 6 heteroatoms. The molecular formula is C16H23FN2O2S. The molecule has 22 heavy (non-hydrogen) atoms. The minimum absolute atomic E-state index is 0.158. The summed E-state index contributed by atoms with van der Waals surface area (Å²) in [5.41, 5.74) is 0.886. The Bertz CT molecular complexity index is 595. The molecule has 0 amide bonds. The van der Waals surface area contributed by atoms with Crippen molar-refractivity contribution in [3.05, 3.63) is 35.6 Å². The Balaban J connectivity index is 1.83. The Morgan fingerprint density at radius 2 is 1.55 bits per heavy atom. The van der Waals surface area contributed by atoms with Crippen LogP contribution in [0.15, 0.2) is 24.3 Å². The van der Waals surface area contributed by atoms with Crippen molar-refractivity contribution in [3.8, 4) is 0 Å². The normalized spacial score (nSPS) is 25.2. The van der Waals surface area contributed by atoms with Crippen LogP contribution in [0, 0.1) is 5.82 Å². The van der Waals surface area contributed by atoms with E-state index < -0.39 is 10.2 Å². The van der Waals surface area contributed by atoms with E-state index in [0.717, 1.165) is 44.1 Å². The molecule has 2 heterocycles. The molecule has 2 fully saturated rings. The third-order valence-corrected chi connectivity index (χ3v) is 6.69. The molecular weight excluding hydrogens is 303 g/mol. The van der Waals surface area contributed by atoms with Gasteiger partial charge in [-0.05, 0) is 43.4 Å². The summed E-state index contributed by atoms with van der Waals surface area (Å²) >= 11 is 0. The lowest BCUT2D eigenvalue weighted by molar-refractivity contribution is 0.330. The van der Waals surface area contributed by atoms with Gasteiger partial charge in [0.1, 0.15) is 5.82 Å². The highest BCUT2D eigenvalue weighted by atomic mass is 32.2. The molecule has 0 radical (unpaired) electrons. The van der Waals surface area contributed by atoms with Gasteiger partial charge in [0.25, 0.3) is 10.2 Å². The van der Waals surface area contributed by atoms with Gasteiger partial charge in [-0.2, -0.15) is 17.0 Å². The fourth-order valence-corrected chi connectivity index (χ4v) is 5.38. The second-order valence-corrected chi connectivity index (χ2v) is 8.02. The highest BCUT2D eigenvalue weighted by Crippen LogP contribution is 2.35. The van der Waals surface area contributed by atoms with Crippen molar-refractivity contribution in [1.29, 1.82) is 0 Å². The zero-order chi connectivity index (χ0) is 15.6. The molecule has 3 rings (SSSR count). The second-order valence-electron chi connectivity index (χ2n) is 6.14. The van der Waals surface area contributed by atoms with Crippen molar-refractivity contribution >= 4 is 10.2 Å². The van der Waals surface area contributed by atoms with Gasteiger partial charge < -0.3 is 0 Å². The first kappa shape index (κ1) is 15.9. The van der Waals surface area contributed by atoms with Crippen LogP contribution < -0.4 is 0 Å². The average molecular weight is 326 g/mol. The highest BCUT2D eigenvalue weighted by molar-refractivity contribution is 7.86. The van der Waals surface area contributed by atoms with Gasteiger partial charge in [-0.1, -0.05) is 25.0 Å². The molecule has 122 valence electrons. The van der Waals surface area contributed by atoms with E-state index in [1.54, 1.807) is 20.7 Å². The summed E-state index contributed by atoms with van der Waals surface area (Å²) in [6, 6.07) is 6.07. The Labute approximate surface area is 132 Å². The summed E-state index contributed by atoms with van der Waals surface area (Å²) in [5.74, 6) is -0.288. The van der Waals surface area contributed by atoms with E-state index in [-0.39, 0.29) is 11.9 Å². The quantitative estimate of drug-likeness (QED) is 0.856. The summed E-state index contributed by atoms with van der Waals surface area (Å²) in [7, 11) is -3.42. The fourth-order valence-electron chi connectivity index (χ4n) is 3.46. The number of benzene rings is 1. The maximum absolute atomic E-state index is 13.1. The van der Waals surface area contributed by atoms with Crippen LogP contribution >= 0.6 is 0 Å². The Morgan fingerprint density at radius 3 is 2.18 bits per heavy atom. The summed E-state index contributed by atoms with van der Waals surface area (Å²) in [4.78, 5) is 0. The molecule has 0 saturated carbocycles. The van der Waals surface area contributed by atoms with Crippen LogP contribution in [0.2, 0.25) is 0 Å². The van der Waals surface area contributed by atoms with Gasteiger partial charge in [-0.25, -0.2) is 4.39 Å². The minimum atomic E-state index is -3.42. The maximum atomic E-state index is 13.1. The molecule has 0 spiro atoms. The summed E-state index contributed by atoms with van der Waals surface area (Å²) in [5, 5.41) is 0. The van der Waals surface area contributed by atoms with Crippen molar-refractivity contribution in [2.24, 2.45) is 0 Å². The van der Waals surface area contributed by atoms with Gasteiger partial charge in [0, 0.05) is 19.6 Å². The lowest BCUT2D eigenvalue weighted by Crippen LogP contribution is -2.43. The molecule has 2 aliphatic heterocycles. The van der Waals surface area contributed by atoms with Crippen molar-refractivity contribution in [1.82, 2.24) is 8.61 Å². The van der Waals surface area contributed by atoms with Crippen molar-refractivity contribution in [2.75, 3.05) is 19.6 Å². The topological polar surface area (TPSA) is 40.6 Å². The van der Waals surface area contributed by atoms with Gasteiger partial charge in [0.2, 0.25) is 0 Å². The highest BCUT2D eigenvalue weighted by Gasteiger charge is 2.38. The zero-order valence-corrected chi connectivity index (χ0v) is 13.6. The number of halogens is 1. The smallest absolute Gasteiger partial charge is 0.207 e. The van der Waals surface area contributed by atoms with Gasteiger partial charge in [-0.15, -0.1) is 0 Å². The average Bonchev–Trinajstić information content (AvgIpc) is 2.83. The van der Waals surface area contributed by atoms with Crippen molar-refractivity contribution in [3.63, 3.8) is 0 Å². The first-order valence-electron chi connectivity index (χ1n) is 8.11. The van der Waals surface area contributed by atoms with Crippen LogP contribution in [-0.4, -0.2) is 36.7 Å². The molecule has 1 atom stereocenters. The molecule has 0 N–H and O–H groups in total. The lowest BCUT2D eigenvalue weighted by Gasteiger charge is -2.30. The summed E-state index contributed by atoms with van der Waals surface area (Å²) < 4.78 is 42.3. The fraction of sp³-hybridized carbons (Fsp3) is 0.625. The van der Waals surface area contributed by atoms with Gasteiger partial charge in [0.15, 0.2) is 0 Å². The third-order valence-electron chi connectivity index (χ3n) is 4.65. The molecule has 2 saturated heterocycles. The molecule has 1 aromatic carbocycles. The van der Waals surface area contributed by atoms with Crippen LogP contribution in [-0.2, 0) is 10.2 Å². The minimum Gasteiger partial charge on any atom is -0.207 e. The van der Waals surface area contributed by atoms with Crippen LogP contribution in [0.1, 0.15) is 50.1 Å². The summed E-state index contributed by atoms with van der Waals surface area (Å²) in [6.45, 7) is 1.80. The van der Waals surface area contributed by atoms with Gasteiger partial charge >= 0.3 is 0 Å². The van der Waals surface area contributed by atoms with E-state index in [0.29, 0.717) is 19.6 Å². The van der Waals surface area contributed by atoms with E-state index in [4.69, 9.17) is 0 Å². The second kappa shape index (κ2) is 6.64. The number of nitrogens with zero attached hydrogens (tertiary/aromatic N) is 2. The molecule has 0 unspecified atom stereocenters. The van der Waals surface area contributed by atoms with Crippen LogP contribution in [0.3, 0.4) is 0 Å². The molecule has 0 aromatic heterocycles. The monoisotopic (exact) mass is 326 g/mol. The SMILES string of the molecule is O=S(=O)(N1CCCCCC1)N1CCC[C@@H]1c1ccc(F)cc1. The number of hydrogen-bond donors (Lipinski definition) is 0. The Kier molecular flexibility index (Phi) is 4.80. The van der Waals surface area contributed by atoms with Crippen molar-refractivity contribution in [2.45, 2.75) is 44.6 Å². The largest absolute Gasteiger partial charge is 0.282 e. The lowest BCUT2D eigenvalue weighted by atomic mass is 10.1. The third kappa shape index (κ3) is 3.19. The maximum Gasteiger partial charge on any atom is 0.282 e. The van der Waals surface area contributed by atoms with E-state index in [1.165, 1.54) is 12.1 Å². The first-order valence-corrected chi connectivity index (χ1v) is 9.51. The molecule has 1 aromatic rings. The molecule has 0 bridgehead atoms. The van der Waals surface area contributed by atoms with Crippen molar-refractivity contribution < 1.29 is 12.8 Å². The van der Waals surface area contributed by atoms with Crippen LogP contribution in [0.4, 0.5) is 4.39 Å². The van der Waals surface area contributed by atoms with Gasteiger partial charge in [-0.3, -0.25) is 0 Å².